The first-order valence-corrected chi connectivity index (χ1v) is 6.15. The van der Waals surface area contributed by atoms with Crippen molar-refractivity contribution in [2.24, 2.45) is 5.92 Å². The van der Waals surface area contributed by atoms with Crippen LogP contribution in [0.1, 0.15) is 24.4 Å². The van der Waals surface area contributed by atoms with Crippen molar-refractivity contribution < 1.29 is 9.53 Å². The molecule has 3 nitrogen and oxygen atoms in total. The van der Waals surface area contributed by atoms with Crippen molar-refractivity contribution in [1.82, 2.24) is 5.32 Å². The van der Waals surface area contributed by atoms with E-state index >= 15 is 0 Å². The fourth-order valence-electron chi connectivity index (χ4n) is 2.23. The maximum absolute atomic E-state index is 11.4. The van der Waals surface area contributed by atoms with Gasteiger partial charge in [-0.2, -0.15) is 0 Å². The van der Waals surface area contributed by atoms with Crippen LogP contribution in [0.4, 0.5) is 0 Å². The number of halogens is 1. The van der Waals surface area contributed by atoms with Crippen LogP contribution in [0.25, 0.3) is 0 Å². The lowest BCUT2D eigenvalue weighted by Crippen LogP contribution is -2.37. The highest BCUT2D eigenvalue weighted by atomic mass is 35.5. The summed E-state index contributed by atoms with van der Waals surface area (Å²) in [5, 5.41) is 4.12. The second kappa shape index (κ2) is 5.52. The molecule has 0 aromatic heterocycles. The fraction of sp³-hybridized carbons (Fsp3) is 0.462. The van der Waals surface area contributed by atoms with E-state index in [1.165, 1.54) is 12.7 Å². The molecule has 0 aliphatic carbocycles. The summed E-state index contributed by atoms with van der Waals surface area (Å²) in [5.74, 6) is -0.141. The van der Waals surface area contributed by atoms with Crippen molar-refractivity contribution in [3.63, 3.8) is 0 Å². The third kappa shape index (κ3) is 2.99. The van der Waals surface area contributed by atoms with Gasteiger partial charge in [-0.25, -0.2) is 0 Å². The summed E-state index contributed by atoms with van der Waals surface area (Å²) < 4.78 is 4.75. The van der Waals surface area contributed by atoms with E-state index in [2.05, 4.69) is 11.4 Å². The number of carbonyl (C=O) groups excluding carboxylic acids is 1. The van der Waals surface area contributed by atoms with Crippen LogP contribution in [-0.2, 0) is 9.53 Å². The van der Waals surface area contributed by atoms with Gasteiger partial charge in [-0.3, -0.25) is 4.79 Å². The molecule has 2 atom stereocenters. The van der Waals surface area contributed by atoms with Gasteiger partial charge in [0.1, 0.15) is 0 Å². The van der Waals surface area contributed by atoms with Crippen molar-refractivity contribution in [2.45, 2.75) is 18.9 Å². The smallest absolute Gasteiger partial charge is 0.309 e. The lowest BCUT2D eigenvalue weighted by molar-refractivity contribution is -0.146. The summed E-state index contributed by atoms with van der Waals surface area (Å²) in [4.78, 5) is 11.4. The molecular weight excluding hydrogens is 238 g/mol. The molecule has 1 aromatic carbocycles. The SMILES string of the molecule is COC(=O)C1CCC(c2cccc(Cl)c2)NC1. The van der Waals surface area contributed by atoms with Gasteiger partial charge in [0.25, 0.3) is 0 Å². The average molecular weight is 254 g/mol. The summed E-state index contributed by atoms with van der Waals surface area (Å²) in [5.41, 5.74) is 1.18. The Hall–Kier alpha value is -1.06. The van der Waals surface area contributed by atoms with Crippen LogP contribution in [0, 0.1) is 5.92 Å². The number of hydrogen-bond donors (Lipinski definition) is 1. The maximum Gasteiger partial charge on any atom is 0.309 e. The lowest BCUT2D eigenvalue weighted by atomic mass is 9.91. The van der Waals surface area contributed by atoms with E-state index in [0.29, 0.717) is 6.54 Å². The number of ether oxygens (including phenoxy) is 1. The number of benzene rings is 1. The van der Waals surface area contributed by atoms with Gasteiger partial charge in [0.15, 0.2) is 0 Å². The molecule has 1 saturated heterocycles. The zero-order valence-corrected chi connectivity index (χ0v) is 10.5. The number of piperidine rings is 1. The molecule has 2 unspecified atom stereocenters. The number of esters is 1. The third-order valence-electron chi connectivity index (χ3n) is 3.20. The van der Waals surface area contributed by atoms with E-state index in [1.54, 1.807) is 0 Å². The summed E-state index contributed by atoms with van der Waals surface area (Å²) in [6, 6.07) is 8.13. The Morgan fingerprint density at radius 3 is 2.88 bits per heavy atom. The number of hydrogen-bond acceptors (Lipinski definition) is 3. The van der Waals surface area contributed by atoms with Crippen LogP contribution in [0.3, 0.4) is 0 Å². The minimum atomic E-state index is -0.123. The Balaban J connectivity index is 1.97. The zero-order valence-electron chi connectivity index (χ0n) is 9.78. The van der Waals surface area contributed by atoms with E-state index in [-0.39, 0.29) is 17.9 Å². The zero-order chi connectivity index (χ0) is 12.3. The number of nitrogens with one attached hydrogen (secondary N) is 1. The molecule has 17 heavy (non-hydrogen) atoms. The summed E-state index contributed by atoms with van der Waals surface area (Å²) in [6.07, 6.45) is 1.79. The quantitative estimate of drug-likeness (QED) is 0.824. The molecule has 92 valence electrons. The highest BCUT2D eigenvalue weighted by Gasteiger charge is 2.27. The molecule has 0 saturated carbocycles. The summed E-state index contributed by atoms with van der Waals surface area (Å²) in [6.45, 7) is 0.670. The molecule has 4 heteroatoms. The Morgan fingerprint density at radius 2 is 2.29 bits per heavy atom. The van der Waals surface area contributed by atoms with E-state index in [9.17, 15) is 4.79 Å². The minimum Gasteiger partial charge on any atom is -0.469 e. The fourth-order valence-corrected chi connectivity index (χ4v) is 2.43. The predicted molar refractivity (Wildman–Crippen MR) is 66.9 cm³/mol. The Kier molecular flexibility index (Phi) is 4.02. The van der Waals surface area contributed by atoms with Crippen molar-refractivity contribution in [3.05, 3.63) is 34.9 Å². The Labute approximate surface area is 106 Å². The molecule has 1 heterocycles. The van der Waals surface area contributed by atoms with Crippen LogP contribution < -0.4 is 5.32 Å². The Bertz CT molecular complexity index is 400. The molecular formula is C13H16ClNO2. The molecule has 1 aliphatic heterocycles. The number of carbonyl (C=O) groups is 1. The lowest BCUT2D eigenvalue weighted by Gasteiger charge is -2.28. The molecule has 1 N–H and O–H groups in total. The number of methoxy groups -OCH3 is 1. The van der Waals surface area contributed by atoms with Gasteiger partial charge >= 0.3 is 5.97 Å². The van der Waals surface area contributed by atoms with Crippen LogP contribution in [0.15, 0.2) is 24.3 Å². The van der Waals surface area contributed by atoms with Crippen LogP contribution >= 0.6 is 11.6 Å². The van der Waals surface area contributed by atoms with Crippen molar-refractivity contribution in [2.75, 3.05) is 13.7 Å². The van der Waals surface area contributed by atoms with Gasteiger partial charge in [-0.05, 0) is 30.5 Å². The normalized spacial score (nSPS) is 24.4. The van der Waals surface area contributed by atoms with Crippen LogP contribution in [0.5, 0.6) is 0 Å². The molecule has 0 amide bonds. The summed E-state index contributed by atoms with van der Waals surface area (Å²) >= 11 is 5.96. The van der Waals surface area contributed by atoms with Crippen LogP contribution in [-0.4, -0.2) is 19.6 Å². The molecule has 1 fully saturated rings. The molecule has 2 rings (SSSR count). The van der Waals surface area contributed by atoms with E-state index in [1.807, 2.05) is 18.2 Å². The highest BCUT2D eigenvalue weighted by Crippen LogP contribution is 2.27. The van der Waals surface area contributed by atoms with Gasteiger partial charge in [-0.15, -0.1) is 0 Å². The molecule has 1 aromatic rings. The first kappa shape index (κ1) is 12.4. The molecule has 0 bridgehead atoms. The number of rotatable bonds is 2. The second-order valence-electron chi connectivity index (χ2n) is 4.31. The summed E-state index contributed by atoms with van der Waals surface area (Å²) in [7, 11) is 1.44. The van der Waals surface area contributed by atoms with Gasteiger partial charge in [0.05, 0.1) is 13.0 Å². The maximum atomic E-state index is 11.4. The van der Waals surface area contributed by atoms with Crippen LogP contribution in [0.2, 0.25) is 5.02 Å². The van der Waals surface area contributed by atoms with E-state index in [0.717, 1.165) is 17.9 Å². The monoisotopic (exact) mass is 253 g/mol. The average Bonchev–Trinajstić information content (AvgIpc) is 2.38. The van der Waals surface area contributed by atoms with Crippen molar-refractivity contribution in [3.8, 4) is 0 Å². The minimum absolute atomic E-state index is 0.0181. The molecule has 1 aliphatic rings. The van der Waals surface area contributed by atoms with Crippen molar-refractivity contribution in [1.29, 1.82) is 0 Å². The standard InChI is InChI=1S/C13H16ClNO2/c1-17-13(16)10-5-6-12(15-8-10)9-3-2-4-11(14)7-9/h2-4,7,10,12,15H,5-6,8H2,1H3. The molecule has 0 spiro atoms. The second-order valence-corrected chi connectivity index (χ2v) is 4.75. The Morgan fingerprint density at radius 1 is 1.47 bits per heavy atom. The van der Waals surface area contributed by atoms with Gasteiger partial charge in [0, 0.05) is 17.6 Å². The topological polar surface area (TPSA) is 38.3 Å². The van der Waals surface area contributed by atoms with E-state index < -0.39 is 0 Å². The highest BCUT2D eigenvalue weighted by molar-refractivity contribution is 6.30. The molecule has 0 radical (unpaired) electrons. The largest absolute Gasteiger partial charge is 0.469 e. The third-order valence-corrected chi connectivity index (χ3v) is 3.44. The first-order valence-electron chi connectivity index (χ1n) is 5.77. The van der Waals surface area contributed by atoms with Gasteiger partial charge in [-0.1, -0.05) is 23.7 Å². The predicted octanol–water partition coefficient (Wildman–Crippen LogP) is 2.55. The van der Waals surface area contributed by atoms with E-state index in [4.69, 9.17) is 16.3 Å². The van der Waals surface area contributed by atoms with Gasteiger partial charge < -0.3 is 10.1 Å². The van der Waals surface area contributed by atoms with Gasteiger partial charge in [0.2, 0.25) is 0 Å². The first-order chi connectivity index (χ1) is 8.20. The van der Waals surface area contributed by atoms with Crippen molar-refractivity contribution >= 4 is 17.6 Å².